The Morgan fingerprint density at radius 1 is 1.35 bits per heavy atom. The average Bonchev–Trinajstić information content (AvgIpc) is 3.30. The van der Waals surface area contributed by atoms with Crippen LogP contribution in [0.1, 0.15) is 32.8 Å². The number of amides is 2. The molecule has 23 heavy (non-hydrogen) atoms. The first-order valence-corrected chi connectivity index (χ1v) is 7.85. The Morgan fingerprint density at radius 3 is 2.70 bits per heavy atom. The third-order valence-corrected chi connectivity index (χ3v) is 4.26. The minimum Gasteiger partial charge on any atom is -0.366 e. The summed E-state index contributed by atoms with van der Waals surface area (Å²) in [6, 6.07) is 7.50. The summed E-state index contributed by atoms with van der Waals surface area (Å²) in [6.07, 6.45) is 0.867. The Kier molecular flexibility index (Phi) is 3.93. The lowest BCUT2D eigenvalue weighted by molar-refractivity contribution is -0.136. The largest absolute Gasteiger partial charge is 0.366 e. The van der Waals surface area contributed by atoms with Crippen molar-refractivity contribution in [2.24, 2.45) is 16.9 Å². The van der Waals surface area contributed by atoms with Gasteiger partial charge in [-0.3, -0.25) is 9.59 Å². The second-order valence-corrected chi connectivity index (χ2v) is 6.40. The SMILES string of the molecule is CCOC(C)(C)C(=O)Nc1ccc(C2=NNC(=O)C3CC23)cc1. The third-order valence-electron chi connectivity index (χ3n) is 4.26. The summed E-state index contributed by atoms with van der Waals surface area (Å²) < 4.78 is 5.44. The summed E-state index contributed by atoms with van der Waals surface area (Å²) in [4.78, 5) is 23.7. The van der Waals surface area contributed by atoms with Crippen LogP contribution in [-0.2, 0) is 14.3 Å². The van der Waals surface area contributed by atoms with E-state index in [4.69, 9.17) is 4.74 Å². The Labute approximate surface area is 135 Å². The molecule has 2 unspecified atom stereocenters. The van der Waals surface area contributed by atoms with Crippen molar-refractivity contribution in [1.29, 1.82) is 0 Å². The molecule has 2 amide bonds. The summed E-state index contributed by atoms with van der Waals surface area (Å²) in [6.45, 7) is 5.83. The van der Waals surface area contributed by atoms with E-state index >= 15 is 0 Å². The Morgan fingerprint density at radius 2 is 2.04 bits per heavy atom. The number of benzene rings is 1. The van der Waals surface area contributed by atoms with Gasteiger partial charge in [0, 0.05) is 24.1 Å². The van der Waals surface area contributed by atoms with Gasteiger partial charge in [0.1, 0.15) is 5.60 Å². The predicted molar refractivity (Wildman–Crippen MR) is 87.1 cm³/mol. The molecule has 3 rings (SSSR count). The molecule has 2 N–H and O–H groups in total. The van der Waals surface area contributed by atoms with Crippen molar-refractivity contribution in [3.63, 3.8) is 0 Å². The molecule has 122 valence electrons. The lowest BCUT2D eigenvalue weighted by Crippen LogP contribution is -2.39. The molecule has 2 aliphatic rings. The summed E-state index contributed by atoms with van der Waals surface area (Å²) in [7, 11) is 0. The van der Waals surface area contributed by atoms with Gasteiger partial charge in [0.15, 0.2) is 0 Å². The molecule has 6 heteroatoms. The molecule has 0 spiro atoms. The second-order valence-electron chi connectivity index (χ2n) is 6.40. The van der Waals surface area contributed by atoms with Crippen LogP contribution in [0.4, 0.5) is 5.69 Å². The Hall–Kier alpha value is -2.21. The summed E-state index contributed by atoms with van der Waals surface area (Å²) in [5, 5.41) is 7.02. The van der Waals surface area contributed by atoms with Crippen molar-refractivity contribution in [1.82, 2.24) is 5.43 Å². The molecule has 0 saturated heterocycles. The van der Waals surface area contributed by atoms with Crippen molar-refractivity contribution in [2.45, 2.75) is 32.8 Å². The molecule has 0 aromatic heterocycles. The zero-order chi connectivity index (χ0) is 16.6. The topological polar surface area (TPSA) is 79.8 Å². The standard InChI is InChI=1S/C17H21N3O3/c1-4-23-17(2,3)16(22)18-11-7-5-10(6-8-11)14-12-9-13(12)15(21)20-19-14/h5-8,12-13H,4,9H2,1-3H3,(H,18,22)(H,20,21). The van der Waals surface area contributed by atoms with Crippen molar-refractivity contribution < 1.29 is 14.3 Å². The third kappa shape index (κ3) is 3.12. The molecule has 0 radical (unpaired) electrons. The molecular formula is C17H21N3O3. The molecule has 2 atom stereocenters. The molecule has 1 aromatic carbocycles. The first-order chi connectivity index (χ1) is 10.9. The average molecular weight is 315 g/mol. The van der Waals surface area contributed by atoms with Crippen LogP contribution in [-0.4, -0.2) is 29.7 Å². The van der Waals surface area contributed by atoms with Gasteiger partial charge in [0.25, 0.3) is 5.91 Å². The molecule has 1 fully saturated rings. The Bertz CT molecular complexity index is 664. The lowest BCUT2D eigenvalue weighted by Gasteiger charge is -2.23. The summed E-state index contributed by atoms with van der Waals surface area (Å²) >= 11 is 0. The number of rotatable bonds is 5. The quantitative estimate of drug-likeness (QED) is 0.871. The number of carbonyl (C=O) groups excluding carboxylic acids is 2. The van der Waals surface area contributed by atoms with Gasteiger partial charge in [0.05, 0.1) is 5.71 Å². The van der Waals surface area contributed by atoms with Gasteiger partial charge < -0.3 is 10.1 Å². The fraction of sp³-hybridized carbons (Fsp3) is 0.471. The number of hydrogen-bond acceptors (Lipinski definition) is 4. The molecule has 1 saturated carbocycles. The molecule has 1 aliphatic heterocycles. The van der Waals surface area contributed by atoms with E-state index in [2.05, 4.69) is 15.8 Å². The smallest absolute Gasteiger partial charge is 0.256 e. The maximum Gasteiger partial charge on any atom is 0.256 e. The first-order valence-electron chi connectivity index (χ1n) is 7.85. The van der Waals surface area contributed by atoms with Crippen molar-refractivity contribution >= 4 is 23.2 Å². The minimum atomic E-state index is -0.869. The molecule has 1 aliphatic carbocycles. The van der Waals surface area contributed by atoms with Crippen LogP contribution in [0.25, 0.3) is 0 Å². The zero-order valence-electron chi connectivity index (χ0n) is 13.6. The van der Waals surface area contributed by atoms with Crippen LogP contribution < -0.4 is 10.7 Å². The van der Waals surface area contributed by atoms with E-state index in [0.29, 0.717) is 12.3 Å². The maximum atomic E-state index is 12.2. The summed E-state index contributed by atoms with van der Waals surface area (Å²) in [5.41, 5.74) is 4.30. The van der Waals surface area contributed by atoms with E-state index in [0.717, 1.165) is 17.7 Å². The zero-order valence-corrected chi connectivity index (χ0v) is 13.6. The van der Waals surface area contributed by atoms with Gasteiger partial charge >= 0.3 is 0 Å². The Balaban J connectivity index is 1.68. The summed E-state index contributed by atoms with van der Waals surface area (Å²) in [5.74, 6) is 0.146. The highest BCUT2D eigenvalue weighted by Crippen LogP contribution is 2.43. The fourth-order valence-electron chi connectivity index (χ4n) is 2.78. The highest BCUT2D eigenvalue weighted by molar-refractivity contribution is 6.09. The van der Waals surface area contributed by atoms with Gasteiger partial charge in [-0.1, -0.05) is 12.1 Å². The monoisotopic (exact) mass is 315 g/mol. The molecular weight excluding hydrogens is 294 g/mol. The van der Waals surface area contributed by atoms with Crippen LogP contribution in [0.15, 0.2) is 29.4 Å². The van der Waals surface area contributed by atoms with Crippen molar-refractivity contribution in [2.75, 3.05) is 11.9 Å². The van der Waals surface area contributed by atoms with Gasteiger partial charge in [-0.15, -0.1) is 0 Å². The van der Waals surface area contributed by atoms with E-state index in [9.17, 15) is 9.59 Å². The number of carbonyl (C=O) groups is 2. The number of fused-ring (bicyclic) bond motifs is 1. The van der Waals surface area contributed by atoms with Crippen LogP contribution in [0, 0.1) is 11.8 Å². The number of ether oxygens (including phenoxy) is 1. The molecule has 6 nitrogen and oxygen atoms in total. The van der Waals surface area contributed by atoms with Gasteiger partial charge in [-0.2, -0.15) is 5.10 Å². The van der Waals surface area contributed by atoms with E-state index < -0.39 is 5.60 Å². The van der Waals surface area contributed by atoms with Crippen LogP contribution in [0.5, 0.6) is 0 Å². The van der Waals surface area contributed by atoms with Gasteiger partial charge in [-0.25, -0.2) is 5.43 Å². The van der Waals surface area contributed by atoms with Gasteiger partial charge in [0.2, 0.25) is 5.91 Å². The van der Waals surface area contributed by atoms with Crippen LogP contribution in [0.2, 0.25) is 0 Å². The fourth-order valence-corrected chi connectivity index (χ4v) is 2.78. The lowest BCUT2D eigenvalue weighted by atomic mass is 10.0. The number of hydrazone groups is 1. The van der Waals surface area contributed by atoms with Crippen molar-refractivity contribution in [3.8, 4) is 0 Å². The number of nitrogens with one attached hydrogen (secondary N) is 2. The van der Waals surface area contributed by atoms with E-state index in [1.54, 1.807) is 13.8 Å². The normalized spacial score (nSPS) is 22.7. The minimum absolute atomic E-state index is 0.0146. The second kappa shape index (κ2) is 5.77. The number of nitrogens with zero attached hydrogens (tertiary/aromatic N) is 1. The number of anilines is 1. The highest BCUT2D eigenvalue weighted by Gasteiger charge is 2.49. The van der Waals surface area contributed by atoms with E-state index in [1.165, 1.54) is 0 Å². The molecule has 1 heterocycles. The van der Waals surface area contributed by atoms with E-state index in [1.807, 2.05) is 31.2 Å². The van der Waals surface area contributed by atoms with Gasteiger partial charge in [-0.05, 0) is 44.9 Å². The number of hydrogen-bond donors (Lipinski definition) is 2. The molecule has 0 bridgehead atoms. The predicted octanol–water partition coefficient (Wildman–Crippen LogP) is 1.91. The van der Waals surface area contributed by atoms with Crippen molar-refractivity contribution in [3.05, 3.63) is 29.8 Å². The van der Waals surface area contributed by atoms with Crippen LogP contribution in [0.3, 0.4) is 0 Å². The maximum absolute atomic E-state index is 12.2. The molecule has 1 aromatic rings. The first kappa shape index (κ1) is 15.7. The van der Waals surface area contributed by atoms with E-state index in [-0.39, 0.29) is 23.7 Å². The highest BCUT2D eigenvalue weighted by atomic mass is 16.5. The van der Waals surface area contributed by atoms with Crippen LogP contribution >= 0.6 is 0 Å².